The van der Waals surface area contributed by atoms with Crippen LogP contribution in [0.25, 0.3) is 0 Å². The molecule has 0 atom stereocenters. The second-order valence-corrected chi connectivity index (χ2v) is 4.48. The summed E-state index contributed by atoms with van der Waals surface area (Å²) in [6.07, 6.45) is 2.52. The van der Waals surface area contributed by atoms with Gasteiger partial charge in [0.25, 0.3) is 0 Å². The van der Waals surface area contributed by atoms with Crippen molar-refractivity contribution in [1.29, 1.82) is 0 Å². The van der Waals surface area contributed by atoms with Crippen LogP contribution in [0.5, 0.6) is 0 Å². The van der Waals surface area contributed by atoms with E-state index in [1.807, 2.05) is 12.1 Å². The smallest absolute Gasteiger partial charge is 0.0681 e. The Morgan fingerprint density at radius 3 is 2.33 bits per heavy atom. The van der Waals surface area contributed by atoms with E-state index >= 15 is 0 Å². The molecular formula is C13H19NO. The van der Waals surface area contributed by atoms with E-state index in [-0.39, 0.29) is 6.61 Å². The Kier molecular flexibility index (Phi) is 3.39. The molecule has 0 radical (unpaired) electrons. The number of likely N-dealkylation sites (tertiary alicyclic amines) is 1. The first-order chi connectivity index (χ1) is 7.29. The Morgan fingerprint density at radius 2 is 1.80 bits per heavy atom. The topological polar surface area (TPSA) is 23.5 Å². The van der Waals surface area contributed by atoms with E-state index in [4.69, 9.17) is 5.11 Å². The summed E-state index contributed by atoms with van der Waals surface area (Å²) >= 11 is 0. The zero-order valence-corrected chi connectivity index (χ0v) is 9.32. The monoisotopic (exact) mass is 205 g/mol. The third-order valence-corrected chi connectivity index (χ3v) is 3.35. The number of rotatable bonds is 2. The van der Waals surface area contributed by atoms with E-state index in [2.05, 4.69) is 24.1 Å². The van der Waals surface area contributed by atoms with Gasteiger partial charge < -0.3 is 10.0 Å². The lowest BCUT2D eigenvalue weighted by atomic mass is 9.89. The second-order valence-electron chi connectivity index (χ2n) is 4.48. The first-order valence-corrected chi connectivity index (χ1v) is 5.68. The van der Waals surface area contributed by atoms with Crippen LogP contribution in [-0.2, 0) is 6.61 Å². The summed E-state index contributed by atoms with van der Waals surface area (Å²) < 4.78 is 0. The number of nitrogens with zero attached hydrogens (tertiary/aromatic N) is 1. The third kappa shape index (κ3) is 2.58. The van der Waals surface area contributed by atoms with Crippen molar-refractivity contribution in [3.05, 3.63) is 35.4 Å². The molecule has 0 bridgehead atoms. The lowest BCUT2D eigenvalue weighted by Crippen LogP contribution is -2.29. The van der Waals surface area contributed by atoms with Crippen molar-refractivity contribution >= 4 is 0 Å². The minimum absolute atomic E-state index is 0.147. The minimum Gasteiger partial charge on any atom is -0.392 e. The van der Waals surface area contributed by atoms with Gasteiger partial charge in [-0.2, -0.15) is 0 Å². The highest BCUT2D eigenvalue weighted by Gasteiger charge is 2.17. The molecule has 1 aliphatic rings. The average Bonchev–Trinajstić information content (AvgIpc) is 2.30. The van der Waals surface area contributed by atoms with E-state index in [9.17, 15) is 0 Å². The largest absolute Gasteiger partial charge is 0.392 e. The maximum absolute atomic E-state index is 8.97. The Bertz CT molecular complexity index is 299. The van der Waals surface area contributed by atoms with Crippen molar-refractivity contribution in [2.75, 3.05) is 20.1 Å². The van der Waals surface area contributed by atoms with Gasteiger partial charge in [0.1, 0.15) is 0 Å². The number of benzene rings is 1. The van der Waals surface area contributed by atoms with E-state index < -0.39 is 0 Å². The van der Waals surface area contributed by atoms with Crippen LogP contribution in [0.1, 0.15) is 29.9 Å². The number of piperidine rings is 1. The molecule has 2 nitrogen and oxygen atoms in total. The summed E-state index contributed by atoms with van der Waals surface area (Å²) in [7, 11) is 2.19. The Labute approximate surface area is 91.5 Å². The first kappa shape index (κ1) is 10.7. The summed E-state index contributed by atoms with van der Waals surface area (Å²) in [6.45, 7) is 2.55. The van der Waals surface area contributed by atoms with E-state index in [1.54, 1.807) is 0 Å². The van der Waals surface area contributed by atoms with Crippen molar-refractivity contribution in [3.8, 4) is 0 Å². The second kappa shape index (κ2) is 4.77. The predicted molar refractivity (Wildman–Crippen MR) is 61.8 cm³/mol. The molecule has 0 spiro atoms. The summed E-state index contributed by atoms with van der Waals surface area (Å²) in [5, 5.41) is 8.97. The van der Waals surface area contributed by atoms with E-state index in [0.717, 1.165) is 5.56 Å². The molecule has 1 aromatic carbocycles. The van der Waals surface area contributed by atoms with Crippen molar-refractivity contribution in [2.45, 2.75) is 25.4 Å². The van der Waals surface area contributed by atoms with Gasteiger partial charge >= 0.3 is 0 Å². The van der Waals surface area contributed by atoms with Gasteiger partial charge in [-0.25, -0.2) is 0 Å². The Hall–Kier alpha value is -0.860. The van der Waals surface area contributed by atoms with Crippen molar-refractivity contribution < 1.29 is 5.11 Å². The molecule has 82 valence electrons. The maximum atomic E-state index is 8.97. The van der Waals surface area contributed by atoms with Crippen LogP contribution in [0.4, 0.5) is 0 Å². The standard InChI is InChI=1S/C13H19NO/c1-14-8-6-13(7-9-14)12-4-2-11(10-15)3-5-12/h2-5,13,15H,6-10H2,1H3. The molecule has 0 amide bonds. The van der Waals surface area contributed by atoms with Crippen molar-refractivity contribution in [3.63, 3.8) is 0 Å². The molecule has 0 unspecified atom stereocenters. The fourth-order valence-electron chi connectivity index (χ4n) is 2.24. The van der Waals surface area contributed by atoms with Crippen LogP contribution in [0, 0.1) is 0 Å². The minimum atomic E-state index is 0.147. The number of aliphatic hydroxyl groups is 1. The zero-order valence-electron chi connectivity index (χ0n) is 9.32. The lowest BCUT2D eigenvalue weighted by Gasteiger charge is -2.29. The van der Waals surface area contributed by atoms with Gasteiger partial charge in [-0.15, -0.1) is 0 Å². The summed E-state index contributed by atoms with van der Waals surface area (Å²) in [5.41, 5.74) is 2.44. The van der Waals surface area contributed by atoms with Gasteiger partial charge in [0.15, 0.2) is 0 Å². The van der Waals surface area contributed by atoms with Crippen LogP contribution >= 0.6 is 0 Å². The number of aliphatic hydroxyl groups excluding tert-OH is 1. The molecule has 0 saturated carbocycles. The van der Waals surface area contributed by atoms with Crippen LogP contribution in [0.2, 0.25) is 0 Å². The molecule has 1 fully saturated rings. The maximum Gasteiger partial charge on any atom is 0.0681 e. The lowest BCUT2D eigenvalue weighted by molar-refractivity contribution is 0.255. The van der Waals surface area contributed by atoms with E-state index in [0.29, 0.717) is 5.92 Å². The molecule has 15 heavy (non-hydrogen) atoms. The zero-order chi connectivity index (χ0) is 10.7. The fourth-order valence-corrected chi connectivity index (χ4v) is 2.24. The van der Waals surface area contributed by atoms with Gasteiger partial charge in [0.05, 0.1) is 6.61 Å². The first-order valence-electron chi connectivity index (χ1n) is 5.68. The highest BCUT2D eigenvalue weighted by Crippen LogP contribution is 2.27. The van der Waals surface area contributed by atoms with Gasteiger partial charge in [-0.3, -0.25) is 0 Å². The summed E-state index contributed by atoms with van der Waals surface area (Å²) in [6, 6.07) is 8.41. The molecule has 1 aliphatic heterocycles. The summed E-state index contributed by atoms with van der Waals surface area (Å²) in [5.74, 6) is 0.717. The van der Waals surface area contributed by atoms with E-state index in [1.165, 1.54) is 31.5 Å². The van der Waals surface area contributed by atoms with Crippen LogP contribution < -0.4 is 0 Å². The average molecular weight is 205 g/mol. The molecule has 1 heterocycles. The SMILES string of the molecule is CN1CCC(c2ccc(CO)cc2)CC1. The van der Waals surface area contributed by atoms with Gasteiger partial charge in [-0.1, -0.05) is 24.3 Å². The van der Waals surface area contributed by atoms with Crippen LogP contribution in [0.15, 0.2) is 24.3 Å². The molecule has 2 rings (SSSR count). The molecule has 2 heteroatoms. The highest BCUT2D eigenvalue weighted by atomic mass is 16.3. The number of hydrogen-bond donors (Lipinski definition) is 1. The van der Waals surface area contributed by atoms with Crippen molar-refractivity contribution in [2.24, 2.45) is 0 Å². The quantitative estimate of drug-likeness (QED) is 0.798. The molecule has 1 saturated heterocycles. The Morgan fingerprint density at radius 1 is 1.20 bits per heavy atom. The molecule has 0 aromatic heterocycles. The van der Waals surface area contributed by atoms with Gasteiger partial charge in [0.2, 0.25) is 0 Å². The fraction of sp³-hybridized carbons (Fsp3) is 0.538. The molecular weight excluding hydrogens is 186 g/mol. The van der Waals surface area contributed by atoms with Crippen molar-refractivity contribution in [1.82, 2.24) is 4.90 Å². The van der Waals surface area contributed by atoms with Gasteiger partial charge in [0, 0.05) is 0 Å². The predicted octanol–water partition coefficient (Wildman–Crippen LogP) is 1.99. The molecule has 0 aliphatic carbocycles. The highest BCUT2D eigenvalue weighted by molar-refractivity contribution is 5.25. The molecule has 1 aromatic rings. The Balaban J connectivity index is 2.03. The summed E-state index contributed by atoms with van der Waals surface area (Å²) in [4.78, 5) is 2.39. The van der Waals surface area contributed by atoms with Gasteiger partial charge in [-0.05, 0) is 50.0 Å². The normalized spacial score (nSPS) is 19.3. The number of hydrogen-bond acceptors (Lipinski definition) is 2. The van der Waals surface area contributed by atoms with Crippen LogP contribution in [0.3, 0.4) is 0 Å². The van der Waals surface area contributed by atoms with Crippen LogP contribution in [-0.4, -0.2) is 30.1 Å². The molecule has 1 N–H and O–H groups in total. The third-order valence-electron chi connectivity index (χ3n) is 3.35.